The molecule has 4 rings (SSSR count). The third kappa shape index (κ3) is 2.28. The van der Waals surface area contributed by atoms with Gasteiger partial charge in [0.1, 0.15) is 16.3 Å². The minimum absolute atomic E-state index is 0.0260. The molecule has 0 atom stereocenters. The van der Waals surface area contributed by atoms with Crippen LogP contribution in [0.15, 0.2) is 54.3 Å². The highest BCUT2D eigenvalue weighted by Gasteiger charge is 2.08. The van der Waals surface area contributed by atoms with E-state index in [-0.39, 0.29) is 6.61 Å². The minimum Gasteiger partial charge on any atom is -0.389 e. The molecule has 0 amide bonds. The molecule has 0 aromatic carbocycles. The molecule has 4 aromatic heterocycles. The number of fused-ring (bicyclic) bond motifs is 1. The van der Waals surface area contributed by atoms with Gasteiger partial charge in [-0.15, -0.1) is 11.3 Å². The summed E-state index contributed by atoms with van der Waals surface area (Å²) in [6.45, 7) is -0.0260. The Bertz CT molecular complexity index is 930. The SMILES string of the molecule is OCc1nc(-c2ccc3nc(-c4ccccn4)cn3c2)cs1. The maximum atomic E-state index is 9.12. The molecule has 0 spiro atoms. The Kier molecular flexibility index (Phi) is 3.17. The van der Waals surface area contributed by atoms with E-state index < -0.39 is 0 Å². The molecule has 4 heterocycles. The predicted molar refractivity (Wildman–Crippen MR) is 85.5 cm³/mol. The molecule has 0 aliphatic carbocycles. The minimum atomic E-state index is -0.0260. The van der Waals surface area contributed by atoms with Crippen molar-refractivity contribution in [1.82, 2.24) is 19.4 Å². The van der Waals surface area contributed by atoms with E-state index in [1.54, 1.807) is 6.20 Å². The maximum absolute atomic E-state index is 9.12. The standard InChI is InChI=1S/C16H12N4OS/c21-9-16-19-14(10-22-16)11-4-5-15-18-13(8-20(15)7-11)12-3-1-2-6-17-12/h1-8,10,21H,9H2. The molecule has 5 nitrogen and oxygen atoms in total. The molecular weight excluding hydrogens is 296 g/mol. The van der Waals surface area contributed by atoms with Crippen LogP contribution >= 0.6 is 11.3 Å². The van der Waals surface area contributed by atoms with Crippen LogP contribution in [0.1, 0.15) is 5.01 Å². The fourth-order valence-corrected chi connectivity index (χ4v) is 2.96. The zero-order chi connectivity index (χ0) is 14.9. The van der Waals surface area contributed by atoms with E-state index in [1.165, 1.54) is 11.3 Å². The number of imidazole rings is 1. The lowest BCUT2D eigenvalue weighted by Crippen LogP contribution is -1.86. The normalized spacial score (nSPS) is 11.1. The summed E-state index contributed by atoms with van der Waals surface area (Å²) >= 11 is 1.46. The number of aliphatic hydroxyl groups is 1. The highest BCUT2D eigenvalue weighted by Crippen LogP contribution is 2.24. The Morgan fingerprint density at radius 2 is 1.95 bits per heavy atom. The molecule has 108 valence electrons. The third-order valence-corrected chi connectivity index (χ3v) is 4.19. The van der Waals surface area contributed by atoms with Crippen LogP contribution in [0.4, 0.5) is 0 Å². The second kappa shape index (κ2) is 5.32. The lowest BCUT2D eigenvalue weighted by molar-refractivity contribution is 0.281. The lowest BCUT2D eigenvalue weighted by Gasteiger charge is -1.98. The number of rotatable bonds is 3. The van der Waals surface area contributed by atoms with Crippen LogP contribution in [0.3, 0.4) is 0 Å². The fourth-order valence-electron chi connectivity index (χ4n) is 2.30. The van der Waals surface area contributed by atoms with Crippen molar-refractivity contribution < 1.29 is 5.11 Å². The molecule has 0 bridgehead atoms. The smallest absolute Gasteiger partial charge is 0.137 e. The van der Waals surface area contributed by atoms with E-state index in [0.717, 1.165) is 33.3 Å². The summed E-state index contributed by atoms with van der Waals surface area (Å²) in [5.74, 6) is 0. The number of aromatic nitrogens is 4. The van der Waals surface area contributed by atoms with E-state index in [4.69, 9.17) is 5.11 Å². The average molecular weight is 308 g/mol. The number of hydrogen-bond acceptors (Lipinski definition) is 5. The van der Waals surface area contributed by atoms with Crippen molar-refractivity contribution in [2.45, 2.75) is 6.61 Å². The number of aliphatic hydroxyl groups excluding tert-OH is 1. The van der Waals surface area contributed by atoms with E-state index >= 15 is 0 Å². The van der Waals surface area contributed by atoms with Gasteiger partial charge < -0.3 is 9.51 Å². The van der Waals surface area contributed by atoms with Crippen molar-refractivity contribution in [1.29, 1.82) is 0 Å². The van der Waals surface area contributed by atoms with Crippen LogP contribution in [0.25, 0.3) is 28.3 Å². The monoisotopic (exact) mass is 308 g/mol. The molecule has 4 aromatic rings. The molecular formula is C16H12N4OS. The van der Waals surface area contributed by atoms with Gasteiger partial charge in [0.15, 0.2) is 0 Å². The van der Waals surface area contributed by atoms with Crippen molar-refractivity contribution in [2.75, 3.05) is 0 Å². The Morgan fingerprint density at radius 3 is 2.73 bits per heavy atom. The number of thiazole rings is 1. The molecule has 0 saturated heterocycles. The van der Waals surface area contributed by atoms with E-state index in [2.05, 4.69) is 15.0 Å². The largest absolute Gasteiger partial charge is 0.389 e. The number of nitrogens with zero attached hydrogens (tertiary/aromatic N) is 4. The molecule has 22 heavy (non-hydrogen) atoms. The summed E-state index contributed by atoms with van der Waals surface area (Å²) in [6, 6.07) is 9.72. The molecule has 0 aliphatic heterocycles. The molecule has 0 aliphatic rings. The number of pyridine rings is 2. The molecule has 0 unspecified atom stereocenters. The quantitative estimate of drug-likeness (QED) is 0.632. The van der Waals surface area contributed by atoms with Crippen molar-refractivity contribution in [2.24, 2.45) is 0 Å². The van der Waals surface area contributed by atoms with E-state index in [0.29, 0.717) is 0 Å². The van der Waals surface area contributed by atoms with Gasteiger partial charge in [-0.05, 0) is 24.3 Å². The second-order valence-corrected chi connectivity index (χ2v) is 5.75. The summed E-state index contributed by atoms with van der Waals surface area (Å²) in [4.78, 5) is 13.3. The Hall–Kier alpha value is -2.57. The molecule has 6 heteroatoms. The first-order valence-electron chi connectivity index (χ1n) is 6.79. The van der Waals surface area contributed by atoms with Gasteiger partial charge >= 0.3 is 0 Å². The molecule has 0 radical (unpaired) electrons. The van der Waals surface area contributed by atoms with Crippen molar-refractivity contribution in [3.05, 3.63) is 59.3 Å². The summed E-state index contributed by atoms with van der Waals surface area (Å²) < 4.78 is 1.97. The number of hydrogen-bond donors (Lipinski definition) is 1. The first kappa shape index (κ1) is 13.1. The van der Waals surface area contributed by atoms with Crippen LogP contribution in [-0.2, 0) is 6.61 Å². The Balaban J connectivity index is 1.78. The lowest BCUT2D eigenvalue weighted by atomic mass is 10.2. The van der Waals surface area contributed by atoms with E-state index in [9.17, 15) is 0 Å². The van der Waals surface area contributed by atoms with Crippen LogP contribution in [0.2, 0.25) is 0 Å². The van der Waals surface area contributed by atoms with Crippen LogP contribution in [0, 0.1) is 0 Å². The first-order valence-corrected chi connectivity index (χ1v) is 7.67. The summed E-state index contributed by atoms with van der Waals surface area (Å²) in [7, 11) is 0. The van der Waals surface area contributed by atoms with Crippen molar-refractivity contribution in [3.8, 4) is 22.6 Å². The molecule has 0 saturated carbocycles. The molecule has 1 N–H and O–H groups in total. The van der Waals surface area contributed by atoms with Crippen molar-refractivity contribution >= 4 is 17.0 Å². The van der Waals surface area contributed by atoms with Gasteiger partial charge in [-0.1, -0.05) is 6.07 Å². The van der Waals surface area contributed by atoms with Crippen LogP contribution < -0.4 is 0 Å². The second-order valence-electron chi connectivity index (χ2n) is 4.81. The van der Waals surface area contributed by atoms with Gasteiger partial charge in [0, 0.05) is 29.5 Å². The molecule has 0 fully saturated rings. The summed E-state index contributed by atoms with van der Waals surface area (Å²) in [5.41, 5.74) is 4.41. The van der Waals surface area contributed by atoms with Gasteiger partial charge in [0.05, 0.1) is 18.0 Å². The summed E-state index contributed by atoms with van der Waals surface area (Å²) in [6.07, 6.45) is 5.71. The third-order valence-electron chi connectivity index (χ3n) is 3.36. The van der Waals surface area contributed by atoms with Crippen molar-refractivity contribution in [3.63, 3.8) is 0 Å². The van der Waals surface area contributed by atoms with Gasteiger partial charge in [-0.3, -0.25) is 4.98 Å². The van der Waals surface area contributed by atoms with Gasteiger partial charge in [0.25, 0.3) is 0 Å². The fraction of sp³-hybridized carbons (Fsp3) is 0.0625. The topological polar surface area (TPSA) is 63.3 Å². The van der Waals surface area contributed by atoms with Gasteiger partial charge in [0.2, 0.25) is 0 Å². The summed E-state index contributed by atoms with van der Waals surface area (Å²) in [5, 5.41) is 11.8. The maximum Gasteiger partial charge on any atom is 0.137 e. The highest BCUT2D eigenvalue weighted by molar-refractivity contribution is 7.09. The first-order chi connectivity index (χ1) is 10.8. The van der Waals surface area contributed by atoms with Gasteiger partial charge in [-0.2, -0.15) is 0 Å². The van der Waals surface area contributed by atoms with Gasteiger partial charge in [-0.25, -0.2) is 9.97 Å². The zero-order valence-electron chi connectivity index (χ0n) is 11.5. The zero-order valence-corrected chi connectivity index (χ0v) is 12.4. The average Bonchev–Trinajstić information content (AvgIpc) is 3.21. The van der Waals surface area contributed by atoms with Crippen LogP contribution in [0.5, 0.6) is 0 Å². The van der Waals surface area contributed by atoms with Crippen LogP contribution in [-0.4, -0.2) is 24.5 Å². The Labute approximate surface area is 130 Å². The Morgan fingerprint density at radius 1 is 1.00 bits per heavy atom. The highest BCUT2D eigenvalue weighted by atomic mass is 32.1. The van der Waals surface area contributed by atoms with E-state index in [1.807, 2.05) is 52.5 Å². The predicted octanol–water partition coefficient (Wildman–Crippen LogP) is 3.01.